The molecule has 1 heterocycles. The maximum atomic E-state index is 11.1. The number of hydrogen-bond donors (Lipinski definition) is 1. The lowest BCUT2D eigenvalue weighted by Crippen LogP contribution is -2.49. The summed E-state index contributed by atoms with van der Waals surface area (Å²) in [4.78, 5) is 11.1. The van der Waals surface area contributed by atoms with Gasteiger partial charge in [0.25, 0.3) is 0 Å². The molecule has 21 heavy (non-hydrogen) atoms. The fourth-order valence-electron chi connectivity index (χ4n) is 3.02. The van der Waals surface area contributed by atoms with Crippen LogP contribution in [0.15, 0.2) is 5.18 Å². The summed E-state index contributed by atoms with van der Waals surface area (Å²) >= 11 is 1.83. The Morgan fingerprint density at radius 3 is 2.38 bits per heavy atom. The number of unbranched alkanes of at least 4 members (excludes halogenated alkanes) is 5. The number of nitroso groups, excluding NO2 is 1. The molecule has 0 spiro atoms. The van der Waals surface area contributed by atoms with Crippen LogP contribution in [0.5, 0.6) is 0 Å². The third kappa shape index (κ3) is 5.87. The monoisotopic (exact) mass is 316 g/mol. The van der Waals surface area contributed by atoms with E-state index in [2.05, 4.69) is 19.0 Å². The predicted octanol–water partition coefficient (Wildman–Crippen LogP) is 4.17. The van der Waals surface area contributed by atoms with Crippen molar-refractivity contribution < 1.29 is 4.74 Å². The summed E-state index contributed by atoms with van der Waals surface area (Å²) in [6.07, 6.45) is 7.80. The van der Waals surface area contributed by atoms with Gasteiger partial charge in [-0.2, -0.15) is 4.91 Å². The molecule has 1 saturated heterocycles. The van der Waals surface area contributed by atoms with E-state index in [0.29, 0.717) is 6.54 Å². The number of rotatable bonds is 10. The second-order valence-electron chi connectivity index (χ2n) is 6.23. The molecule has 0 aromatic rings. The van der Waals surface area contributed by atoms with Gasteiger partial charge in [-0.05, 0) is 12.2 Å². The van der Waals surface area contributed by atoms with Crippen LogP contribution in [0.1, 0.15) is 59.3 Å². The topological polar surface area (TPSA) is 64.7 Å². The minimum absolute atomic E-state index is 0.0362. The first-order valence-corrected chi connectivity index (χ1v) is 9.50. The van der Waals surface area contributed by atoms with Gasteiger partial charge in [-0.15, -0.1) is 11.8 Å². The van der Waals surface area contributed by atoms with Crippen molar-refractivity contribution in [3.8, 4) is 0 Å². The average Bonchev–Trinajstić information content (AvgIpc) is 2.49. The normalized spacial score (nSPS) is 33.0. The number of hydrogen-bond acceptors (Lipinski definition) is 5. The standard InChI is InChI=1S/C16H32N2O2S/c1-4-5-6-7-8-9-10-21-16-13(3)15(18-19)12(2)14(11-17)20-16/h12-16H,4-11,17H2,1-3H3. The molecule has 5 atom stereocenters. The van der Waals surface area contributed by atoms with Crippen molar-refractivity contribution in [2.45, 2.75) is 76.9 Å². The zero-order valence-corrected chi connectivity index (χ0v) is 14.6. The summed E-state index contributed by atoms with van der Waals surface area (Å²) in [6.45, 7) is 6.81. The SMILES string of the molecule is CCCCCCCCSC1OC(CN)C(C)C(N=O)C1C. The van der Waals surface area contributed by atoms with Gasteiger partial charge < -0.3 is 10.5 Å². The minimum atomic E-state index is -0.172. The highest BCUT2D eigenvalue weighted by Crippen LogP contribution is 2.37. The van der Waals surface area contributed by atoms with Gasteiger partial charge in [-0.25, -0.2) is 0 Å². The molecule has 0 amide bonds. The molecule has 0 radical (unpaired) electrons. The first-order valence-electron chi connectivity index (χ1n) is 8.45. The van der Waals surface area contributed by atoms with Crippen molar-refractivity contribution in [1.29, 1.82) is 0 Å². The molecule has 5 heteroatoms. The third-order valence-corrected chi connectivity index (χ3v) is 5.93. The van der Waals surface area contributed by atoms with Gasteiger partial charge in [-0.3, -0.25) is 0 Å². The summed E-state index contributed by atoms with van der Waals surface area (Å²) in [5.41, 5.74) is 5.83. The van der Waals surface area contributed by atoms with Crippen molar-refractivity contribution in [2.75, 3.05) is 12.3 Å². The number of thioether (sulfide) groups is 1. The Kier molecular flexibility index (Phi) is 9.52. The van der Waals surface area contributed by atoms with E-state index < -0.39 is 0 Å². The van der Waals surface area contributed by atoms with Crippen LogP contribution in [-0.4, -0.2) is 29.9 Å². The molecular formula is C16H32N2O2S. The highest BCUT2D eigenvalue weighted by Gasteiger charge is 2.41. The van der Waals surface area contributed by atoms with Crippen molar-refractivity contribution in [2.24, 2.45) is 22.7 Å². The molecule has 0 saturated carbocycles. The van der Waals surface area contributed by atoms with Crippen LogP contribution in [0.2, 0.25) is 0 Å². The number of nitrogens with zero attached hydrogens (tertiary/aromatic N) is 1. The molecule has 4 nitrogen and oxygen atoms in total. The maximum absolute atomic E-state index is 11.1. The van der Waals surface area contributed by atoms with Gasteiger partial charge in [0.05, 0.1) is 6.10 Å². The largest absolute Gasteiger partial charge is 0.362 e. The third-order valence-electron chi connectivity index (χ3n) is 4.54. The fraction of sp³-hybridized carbons (Fsp3) is 1.00. The lowest BCUT2D eigenvalue weighted by Gasteiger charge is -2.41. The summed E-state index contributed by atoms with van der Waals surface area (Å²) in [6, 6.07) is -0.172. The zero-order chi connectivity index (χ0) is 15.7. The average molecular weight is 317 g/mol. The molecule has 124 valence electrons. The molecule has 1 aliphatic heterocycles. The van der Waals surface area contributed by atoms with Crippen molar-refractivity contribution in [3.63, 3.8) is 0 Å². The van der Waals surface area contributed by atoms with E-state index >= 15 is 0 Å². The number of ether oxygens (including phenoxy) is 1. The van der Waals surface area contributed by atoms with Gasteiger partial charge >= 0.3 is 0 Å². The first-order chi connectivity index (χ1) is 10.2. The van der Waals surface area contributed by atoms with Crippen LogP contribution in [0, 0.1) is 16.7 Å². The van der Waals surface area contributed by atoms with Crippen molar-refractivity contribution in [3.05, 3.63) is 4.91 Å². The molecular weight excluding hydrogens is 284 g/mol. The molecule has 1 fully saturated rings. The van der Waals surface area contributed by atoms with Gasteiger partial charge in [0.2, 0.25) is 0 Å². The second-order valence-corrected chi connectivity index (χ2v) is 7.44. The molecule has 0 aliphatic carbocycles. The van der Waals surface area contributed by atoms with Crippen LogP contribution in [0.25, 0.3) is 0 Å². The Hall–Kier alpha value is -0.130. The van der Waals surface area contributed by atoms with E-state index in [1.165, 1.54) is 38.5 Å². The van der Waals surface area contributed by atoms with E-state index in [9.17, 15) is 4.91 Å². The lowest BCUT2D eigenvalue weighted by atomic mass is 9.85. The summed E-state index contributed by atoms with van der Waals surface area (Å²) in [7, 11) is 0. The van der Waals surface area contributed by atoms with E-state index in [1.807, 2.05) is 18.7 Å². The fourth-order valence-corrected chi connectivity index (χ4v) is 4.30. The predicted molar refractivity (Wildman–Crippen MR) is 91.5 cm³/mol. The highest BCUT2D eigenvalue weighted by atomic mass is 32.2. The number of nitrogens with two attached hydrogens (primary N) is 1. The molecule has 1 aliphatic rings. The van der Waals surface area contributed by atoms with Crippen molar-refractivity contribution >= 4 is 11.8 Å². The quantitative estimate of drug-likeness (QED) is 0.485. The van der Waals surface area contributed by atoms with Crippen LogP contribution in [0.3, 0.4) is 0 Å². The van der Waals surface area contributed by atoms with Gasteiger partial charge in [-0.1, -0.05) is 58.1 Å². The summed E-state index contributed by atoms with van der Waals surface area (Å²) in [5, 5.41) is 3.34. The smallest absolute Gasteiger partial charge is 0.108 e. The Morgan fingerprint density at radius 2 is 1.76 bits per heavy atom. The van der Waals surface area contributed by atoms with Crippen LogP contribution in [-0.2, 0) is 4.74 Å². The molecule has 0 aromatic heterocycles. The molecule has 0 aromatic carbocycles. The van der Waals surface area contributed by atoms with Gasteiger partial charge in [0.15, 0.2) is 0 Å². The first kappa shape index (κ1) is 18.9. The Labute approximate surface area is 133 Å². The lowest BCUT2D eigenvalue weighted by molar-refractivity contribution is -0.0700. The maximum Gasteiger partial charge on any atom is 0.108 e. The van der Waals surface area contributed by atoms with E-state index in [1.54, 1.807) is 0 Å². The van der Waals surface area contributed by atoms with E-state index in [0.717, 1.165) is 5.75 Å². The Bertz CT molecular complexity index is 291. The molecule has 5 unspecified atom stereocenters. The Balaban J connectivity index is 2.31. The van der Waals surface area contributed by atoms with E-state index in [4.69, 9.17) is 10.5 Å². The van der Waals surface area contributed by atoms with Crippen LogP contribution >= 0.6 is 11.8 Å². The second kappa shape index (κ2) is 10.6. The molecule has 2 N–H and O–H groups in total. The highest BCUT2D eigenvalue weighted by molar-refractivity contribution is 7.99. The molecule has 1 rings (SSSR count). The molecule has 0 bridgehead atoms. The summed E-state index contributed by atoms with van der Waals surface area (Å²) < 4.78 is 6.08. The minimum Gasteiger partial charge on any atom is -0.362 e. The van der Waals surface area contributed by atoms with Crippen LogP contribution in [0.4, 0.5) is 0 Å². The zero-order valence-electron chi connectivity index (χ0n) is 13.8. The summed E-state index contributed by atoms with van der Waals surface area (Å²) in [5.74, 6) is 1.39. The van der Waals surface area contributed by atoms with Gasteiger partial charge in [0, 0.05) is 18.4 Å². The van der Waals surface area contributed by atoms with Gasteiger partial charge in [0.1, 0.15) is 11.5 Å². The van der Waals surface area contributed by atoms with Crippen molar-refractivity contribution in [1.82, 2.24) is 0 Å². The van der Waals surface area contributed by atoms with Crippen LogP contribution < -0.4 is 5.73 Å². The van der Waals surface area contributed by atoms with E-state index in [-0.39, 0.29) is 29.4 Å². The Morgan fingerprint density at radius 1 is 1.10 bits per heavy atom.